The number of carbonyl (C=O) groups is 2. The molecule has 18 heavy (non-hydrogen) atoms. The molecular weight excluding hydrogens is 239 g/mol. The highest BCUT2D eigenvalue weighted by Crippen LogP contribution is 2.34. The Hall–Kier alpha value is -1.33. The van der Waals surface area contributed by atoms with Crippen molar-refractivity contribution in [2.75, 3.05) is 32.9 Å². The highest BCUT2D eigenvalue weighted by atomic mass is 19.1. The molecule has 1 heterocycles. The van der Waals surface area contributed by atoms with Crippen LogP contribution in [0.2, 0.25) is 0 Å². The van der Waals surface area contributed by atoms with Crippen LogP contribution < -0.4 is 5.32 Å². The topological polar surface area (TPSA) is 58.6 Å². The molecule has 0 aliphatic carbocycles. The third kappa shape index (κ3) is 3.85. The van der Waals surface area contributed by atoms with E-state index in [2.05, 4.69) is 30.8 Å². The minimum atomic E-state index is -0.757. The Morgan fingerprint density at radius 3 is 2.67 bits per heavy atom. The van der Waals surface area contributed by atoms with E-state index < -0.39 is 12.8 Å². The van der Waals surface area contributed by atoms with Crippen LogP contribution in [0.25, 0.3) is 0 Å². The number of nitrogens with zero attached hydrogens (tertiary/aromatic N) is 1. The zero-order valence-electron chi connectivity index (χ0n) is 11.2. The van der Waals surface area contributed by atoms with E-state index in [1.165, 1.54) is 0 Å². The van der Waals surface area contributed by atoms with Crippen LogP contribution in [0.1, 0.15) is 20.8 Å². The number of alkyl halides is 1. The highest BCUT2D eigenvalue weighted by molar-refractivity contribution is 5.82. The van der Waals surface area contributed by atoms with Crippen LogP contribution in [0.15, 0.2) is 0 Å². The Balaban J connectivity index is 2.32. The second kappa shape index (κ2) is 6.02. The number of hydrogen-bond acceptors (Lipinski definition) is 3. The summed E-state index contributed by atoms with van der Waals surface area (Å²) >= 11 is 0. The summed E-state index contributed by atoms with van der Waals surface area (Å²) in [6.45, 7) is 6.63. The van der Waals surface area contributed by atoms with Gasteiger partial charge in [-0.25, -0.2) is 9.18 Å². The monoisotopic (exact) mass is 260 g/mol. The lowest BCUT2D eigenvalue weighted by atomic mass is 9.84. The standard InChI is InChI=1S/C12H21FN2O3/c1-9-7-15(8-12(9,2)3)10(16)6-14-11(17)18-5-4-13/h9H,4-8H2,1-3H3,(H,14,17). The van der Waals surface area contributed by atoms with Gasteiger partial charge in [0, 0.05) is 13.1 Å². The molecule has 1 saturated heterocycles. The molecule has 0 aromatic carbocycles. The zero-order chi connectivity index (χ0) is 13.8. The molecule has 1 unspecified atom stereocenters. The van der Waals surface area contributed by atoms with Crippen LogP contribution in [-0.2, 0) is 9.53 Å². The van der Waals surface area contributed by atoms with E-state index in [0.717, 1.165) is 0 Å². The van der Waals surface area contributed by atoms with Gasteiger partial charge in [-0.3, -0.25) is 4.79 Å². The zero-order valence-corrected chi connectivity index (χ0v) is 11.2. The van der Waals surface area contributed by atoms with Crippen LogP contribution in [0.4, 0.5) is 9.18 Å². The molecule has 0 radical (unpaired) electrons. The largest absolute Gasteiger partial charge is 0.447 e. The average Bonchev–Trinajstić information content (AvgIpc) is 2.58. The molecule has 6 heteroatoms. The second-order valence-corrected chi connectivity index (χ2v) is 5.34. The van der Waals surface area contributed by atoms with E-state index in [-0.39, 0.29) is 24.5 Å². The highest BCUT2D eigenvalue weighted by Gasteiger charge is 2.38. The second-order valence-electron chi connectivity index (χ2n) is 5.34. The molecule has 0 aromatic rings. The molecule has 1 aliphatic heterocycles. The van der Waals surface area contributed by atoms with Gasteiger partial charge in [0.2, 0.25) is 5.91 Å². The van der Waals surface area contributed by atoms with Gasteiger partial charge in [-0.2, -0.15) is 0 Å². The van der Waals surface area contributed by atoms with Crippen molar-refractivity contribution in [1.82, 2.24) is 10.2 Å². The van der Waals surface area contributed by atoms with Gasteiger partial charge in [0.25, 0.3) is 0 Å². The van der Waals surface area contributed by atoms with Crippen LogP contribution in [0.5, 0.6) is 0 Å². The first kappa shape index (κ1) is 14.7. The molecule has 1 rings (SSSR count). The van der Waals surface area contributed by atoms with Gasteiger partial charge >= 0.3 is 6.09 Å². The summed E-state index contributed by atoms with van der Waals surface area (Å²) in [5.41, 5.74) is 0.102. The Morgan fingerprint density at radius 1 is 1.50 bits per heavy atom. The fourth-order valence-electron chi connectivity index (χ4n) is 1.92. The minimum Gasteiger partial charge on any atom is -0.447 e. The third-order valence-corrected chi connectivity index (χ3v) is 3.47. The summed E-state index contributed by atoms with van der Waals surface area (Å²) in [5.74, 6) is 0.296. The van der Waals surface area contributed by atoms with E-state index in [4.69, 9.17) is 0 Å². The van der Waals surface area contributed by atoms with Crippen LogP contribution in [0.3, 0.4) is 0 Å². The lowest BCUT2D eigenvalue weighted by molar-refractivity contribution is -0.129. The van der Waals surface area contributed by atoms with E-state index >= 15 is 0 Å². The molecule has 1 atom stereocenters. The maximum absolute atomic E-state index is 11.8. The number of amides is 2. The number of halogens is 1. The first-order valence-electron chi connectivity index (χ1n) is 6.11. The minimum absolute atomic E-state index is 0.102. The summed E-state index contributed by atoms with van der Waals surface area (Å²) in [6.07, 6.45) is -0.757. The number of likely N-dealkylation sites (tertiary alicyclic amines) is 1. The van der Waals surface area contributed by atoms with Crippen molar-refractivity contribution in [3.63, 3.8) is 0 Å². The normalized spacial score (nSPS) is 21.8. The SMILES string of the molecule is CC1CN(C(=O)CNC(=O)OCCF)CC1(C)C. The van der Waals surface area contributed by atoms with Crippen molar-refractivity contribution in [3.8, 4) is 0 Å². The molecule has 5 nitrogen and oxygen atoms in total. The molecular formula is C12H21FN2O3. The first-order valence-corrected chi connectivity index (χ1v) is 6.11. The maximum atomic E-state index is 11.8. The lowest BCUT2D eigenvalue weighted by Crippen LogP contribution is -2.40. The number of ether oxygens (including phenoxy) is 1. The van der Waals surface area contributed by atoms with Gasteiger partial charge in [-0.15, -0.1) is 0 Å². The quantitative estimate of drug-likeness (QED) is 0.826. The summed E-state index contributed by atoms with van der Waals surface area (Å²) in [5, 5.41) is 2.32. The van der Waals surface area contributed by atoms with Crippen molar-refractivity contribution in [3.05, 3.63) is 0 Å². The molecule has 0 saturated carbocycles. The van der Waals surface area contributed by atoms with E-state index in [0.29, 0.717) is 19.0 Å². The van der Waals surface area contributed by atoms with Gasteiger partial charge < -0.3 is 15.0 Å². The van der Waals surface area contributed by atoms with Crippen molar-refractivity contribution >= 4 is 12.0 Å². The van der Waals surface area contributed by atoms with Crippen LogP contribution in [-0.4, -0.2) is 49.8 Å². The summed E-state index contributed by atoms with van der Waals surface area (Å²) in [7, 11) is 0. The van der Waals surface area contributed by atoms with E-state index in [1.807, 2.05) is 0 Å². The number of hydrogen-bond donors (Lipinski definition) is 1. The van der Waals surface area contributed by atoms with Crippen molar-refractivity contribution in [2.45, 2.75) is 20.8 Å². The van der Waals surface area contributed by atoms with Crippen molar-refractivity contribution < 1.29 is 18.7 Å². The number of carbonyl (C=O) groups excluding carboxylic acids is 2. The lowest BCUT2D eigenvalue weighted by Gasteiger charge is -2.22. The Kier molecular flexibility index (Phi) is 4.93. The number of nitrogens with one attached hydrogen (secondary N) is 1. The van der Waals surface area contributed by atoms with Gasteiger partial charge in [0.05, 0.1) is 0 Å². The van der Waals surface area contributed by atoms with Crippen LogP contribution >= 0.6 is 0 Å². The molecule has 0 bridgehead atoms. The van der Waals surface area contributed by atoms with Gasteiger partial charge in [-0.05, 0) is 11.3 Å². The molecule has 1 aliphatic rings. The fourth-order valence-corrected chi connectivity index (χ4v) is 1.92. The van der Waals surface area contributed by atoms with E-state index in [9.17, 15) is 14.0 Å². The molecule has 0 spiro atoms. The molecule has 1 N–H and O–H groups in total. The summed E-state index contributed by atoms with van der Waals surface area (Å²) < 4.78 is 16.2. The molecule has 1 fully saturated rings. The summed E-state index contributed by atoms with van der Waals surface area (Å²) in [4.78, 5) is 24.6. The predicted molar refractivity (Wildman–Crippen MR) is 64.9 cm³/mol. The number of rotatable bonds is 4. The smallest absolute Gasteiger partial charge is 0.407 e. The Bertz CT molecular complexity index is 320. The van der Waals surface area contributed by atoms with Crippen LogP contribution in [0, 0.1) is 11.3 Å². The van der Waals surface area contributed by atoms with Crippen molar-refractivity contribution in [2.24, 2.45) is 11.3 Å². The molecule has 104 valence electrons. The molecule has 0 aromatic heterocycles. The first-order chi connectivity index (χ1) is 8.36. The van der Waals surface area contributed by atoms with Crippen molar-refractivity contribution in [1.29, 1.82) is 0 Å². The predicted octanol–water partition coefficient (Wildman–Crippen LogP) is 1.19. The van der Waals surface area contributed by atoms with E-state index in [1.54, 1.807) is 4.90 Å². The van der Waals surface area contributed by atoms with Gasteiger partial charge in [0.15, 0.2) is 0 Å². The Labute approximate surface area is 107 Å². The summed E-state index contributed by atoms with van der Waals surface area (Å²) in [6, 6.07) is 0. The third-order valence-electron chi connectivity index (χ3n) is 3.47. The van der Waals surface area contributed by atoms with Gasteiger partial charge in [-0.1, -0.05) is 20.8 Å². The number of alkyl carbamates (subject to hydrolysis) is 1. The fraction of sp³-hybridized carbons (Fsp3) is 0.833. The average molecular weight is 260 g/mol. The Morgan fingerprint density at radius 2 is 2.17 bits per heavy atom. The maximum Gasteiger partial charge on any atom is 0.407 e. The molecule has 2 amide bonds. The van der Waals surface area contributed by atoms with Gasteiger partial charge in [0.1, 0.15) is 19.8 Å².